The number of amides is 1. The van der Waals surface area contributed by atoms with Crippen molar-refractivity contribution >= 4 is 23.7 Å². The molecular formula is C17H13ClN2O5. The van der Waals surface area contributed by atoms with Gasteiger partial charge in [0.2, 0.25) is 12.9 Å². The molecular weight excluding hydrogens is 348 g/mol. The van der Waals surface area contributed by atoms with E-state index in [9.17, 15) is 4.79 Å². The van der Waals surface area contributed by atoms with Crippen molar-refractivity contribution in [1.29, 1.82) is 0 Å². The molecule has 2 aromatic rings. The quantitative estimate of drug-likeness (QED) is 0.671. The average Bonchev–Trinajstić information content (AvgIpc) is 3.10. The lowest BCUT2D eigenvalue weighted by Crippen LogP contribution is -2.42. The van der Waals surface area contributed by atoms with E-state index >= 15 is 0 Å². The molecule has 0 bridgehead atoms. The van der Waals surface area contributed by atoms with Crippen molar-refractivity contribution in [3.63, 3.8) is 0 Å². The molecule has 25 heavy (non-hydrogen) atoms. The van der Waals surface area contributed by atoms with Gasteiger partial charge in [0.15, 0.2) is 23.0 Å². The van der Waals surface area contributed by atoms with Crippen molar-refractivity contribution in [3.05, 3.63) is 47.0 Å². The summed E-state index contributed by atoms with van der Waals surface area (Å²) in [5.74, 6) is 1.79. The Bertz CT molecular complexity index is 855. The predicted molar refractivity (Wildman–Crippen MR) is 89.7 cm³/mol. The van der Waals surface area contributed by atoms with E-state index in [4.69, 9.17) is 30.5 Å². The standard InChI is InChI=1S/C17H13ClN2O5/c18-11-5-10(6-14-16(11)24-9-23-14)7-19-20-17(21)15-8-22-12-3-1-2-4-13(12)25-15/h1-7,15H,8-9H2,(H,20,21)/b19-7-/t15-/m0/s1. The zero-order valence-corrected chi connectivity index (χ0v) is 13.7. The molecule has 4 rings (SSSR count). The van der Waals surface area contributed by atoms with Crippen molar-refractivity contribution in [3.8, 4) is 23.0 Å². The summed E-state index contributed by atoms with van der Waals surface area (Å²) in [5.41, 5.74) is 3.10. The summed E-state index contributed by atoms with van der Waals surface area (Å²) < 4.78 is 21.6. The van der Waals surface area contributed by atoms with Crippen molar-refractivity contribution in [2.75, 3.05) is 13.4 Å². The molecule has 128 valence electrons. The SMILES string of the molecule is O=C(N/N=C\c1cc(Cl)c2c(c1)OCO2)[C@@H]1COc2ccccc2O1. The number of para-hydroxylation sites is 2. The largest absolute Gasteiger partial charge is 0.485 e. The first-order chi connectivity index (χ1) is 12.2. The van der Waals surface area contributed by atoms with Gasteiger partial charge in [-0.15, -0.1) is 0 Å². The van der Waals surface area contributed by atoms with Crippen LogP contribution in [0.4, 0.5) is 0 Å². The van der Waals surface area contributed by atoms with Crippen LogP contribution in [0.15, 0.2) is 41.5 Å². The van der Waals surface area contributed by atoms with Gasteiger partial charge < -0.3 is 18.9 Å². The first-order valence-electron chi connectivity index (χ1n) is 7.51. The number of rotatable bonds is 3. The maximum absolute atomic E-state index is 12.2. The molecule has 2 heterocycles. The number of hydrogen-bond donors (Lipinski definition) is 1. The number of ether oxygens (including phenoxy) is 4. The third-order valence-electron chi connectivity index (χ3n) is 3.64. The fraction of sp³-hybridized carbons (Fsp3) is 0.176. The van der Waals surface area contributed by atoms with Gasteiger partial charge >= 0.3 is 0 Å². The highest BCUT2D eigenvalue weighted by molar-refractivity contribution is 6.32. The molecule has 0 fully saturated rings. The number of hydrogen-bond acceptors (Lipinski definition) is 6. The Labute approximate surface area is 148 Å². The van der Waals surface area contributed by atoms with Crippen molar-refractivity contribution in [2.24, 2.45) is 5.10 Å². The Morgan fingerprint density at radius 2 is 2.00 bits per heavy atom. The number of nitrogens with one attached hydrogen (secondary N) is 1. The summed E-state index contributed by atoms with van der Waals surface area (Å²) in [4.78, 5) is 12.2. The van der Waals surface area contributed by atoms with Crippen LogP contribution in [0.25, 0.3) is 0 Å². The minimum atomic E-state index is -0.771. The molecule has 2 aliphatic heterocycles. The molecule has 0 radical (unpaired) electrons. The van der Waals surface area contributed by atoms with Crippen molar-refractivity contribution < 1.29 is 23.7 Å². The molecule has 0 saturated heterocycles. The number of hydrazone groups is 1. The number of benzene rings is 2. The Balaban J connectivity index is 1.39. The Morgan fingerprint density at radius 3 is 2.88 bits per heavy atom. The summed E-state index contributed by atoms with van der Waals surface area (Å²) in [6.07, 6.45) is 0.691. The molecule has 0 spiro atoms. The van der Waals surface area contributed by atoms with E-state index in [0.717, 1.165) is 0 Å². The minimum absolute atomic E-state index is 0.119. The Morgan fingerprint density at radius 1 is 1.16 bits per heavy atom. The lowest BCUT2D eigenvalue weighted by Gasteiger charge is -2.24. The third kappa shape index (κ3) is 3.18. The molecule has 8 heteroatoms. The second-order valence-electron chi connectivity index (χ2n) is 5.33. The highest BCUT2D eigenvalue weighted by atomic mass is 35.5. The van der Waals surface area contributed by atoms with Crippen LogP contribution in [-0.4, -0.2) is 31.6 Å². The normalized spacial score (nSPS) is 17.6. The summed E-state index contributed by atoms with van der Waals surface area (Å²) in [6, 6.07) is 10.6. The van der Waals surface area contributed by atoms with Gasteiger partial charge in [0, 0.05) is 0 Å². The fourth-order valence-corrected chi connectivity index (χ4v) is 2.73. The molecule has 1 amide bonds. The molecule has 1 N–H and O–H groups in total. The van der Waals surface area contributed by atoms with E-state index in [1.807, 2.05) is 12.1 Å². The van der Waals surface area contributed by atoms with E-state index in [1.165, 1.54) is 6.21 Å². The first kappa shape index (κ1) is 15.6. The van der Waals surface area contributed by atoms with Gasteiger partial charge in [-0.05, 0) is 29.8 Å². The van der Waals surface area contributed by atoms with Gasteiger partial charge in [0.05, 0.1) is 11.2 Å². The maximum atomic E-state index is 12.2. The number of carbonyl (C=O) groups is 1. The highest BCUT2D eigenvalue weighted by Crippen LogP contribution is 2.39. The van der Waals surface area contributed by atoms with E-state index in [-0.39, 0.29) is 13.4 Å². The summed E-state index contributed by atoms with van der Waals surface area (Å²) >= 11 is 6.10. The number of halogens is 1. The van der Waals surface area contributed by atoms with Gasteiger partial charge in [-0.25, -0.2) is 5.43 Å². The van der Waals surface area contributed by atoms with E-state index in [0.29, 0.717) is 33.6 Å². The summed E-state index contributed by atoms with van der Waals surface area (Å²) in [6.45, 7) is 0.251. The lowest BCUT2D eigenvalue weighted by molar-refractivity contribution is -0.130. The molecule has 0 unspecified atom stereocenters. The van der Waals surface area contributed by atoms with Gasteiger partial charge in [-0.2, -0.15) is 5.10 Å². The second-order valence-corrected chi connectivity index (χ2v) is 5.74. The van der Waals surface area contributed by atoms with Crippen LogP contribution in [0.2, 0.25) is 5.02 Å². The average molecular weight is 361 g/mol. The van der Waals surface area contributed by atoms with Crippen LogP contribution in [0.5, 0.6) is 23.0 Å². The molecule has 0 saturated carbocycles. The molecule has 2 aliphatic rings. The molecule has 1 atom stereocenters. The summed E-state index contributed by atoms with van der Waals surface area (Å²) in [7, 11) is 0. The minimum Gasteiger partial charge on any atom is -0.485 e. The van der Waals surface area contributed by atoms with Gasteiger partial charge in [0.25, 0.3) is 5.91 Å². The maximum Gasteiger partial charge on any atom is 0.284 e. The van der Waals surface area contributed by atoms with Crippen LogP contribution < -0.4 is 24.4 Å². The van der Waals surface area contributed by atoms with Crippen LogP contribution in [-0.2, 0) is 4.79 Å². The Kier molecular flexibility index (Phi) is 4.07. The smallest absolute Gasteiger partial charge is 0.284 e. The third-order valence-corrected chi connectivity index (χ3v) is 3.92. The van der Waals surface area contributed by atoms with E-state index in [2.05, 4.69) is 10.5 Å². The fourth-order valence-electron chi connectivity index (χ4n) is 2.45. The molecule has 7 nitrogen and oxygen atoms in total. The number of fused-ring (bicyclic) bond motifs is 2. The predicted octanol–water partition coefficient (Wildman–Crippen LogP) is 2.36. The lowest BCUT2D eigenvalue weighted by atomic mass is 10.2. The molecule has 2 aromatic carbocycles. The van der Waals surface area contributed by atoms with Crippen LogP contribution >= 0.6 is 11.6 Å². The zero-order chi connectivity index (χ0) is 17.2. The molecule has 0 aromatic heterocycles. The first-order valence-corrected chi connectivity index (χ1v) is 7.89. The molecule has 0 aliphatic carbocycles. The second kappa shape index (κ2) is 6.52. The topological polar surface area (TPSA) is 78.4 Å². The zero-order valence-electron chi connectivity index (χ0n) is 12.9. The van der Waals surface area contributed by atoms with Crippen LogP contribution in [0.1, 0.15) is 5.56 Å². The highest BCUT2D eigenvalue weighted by Gasteiger charge is 2.27. The van der Waals surface area contributed by atoms with Crippen LogP contribution in [0, 0.1) is 0 Å². The Hall–Kier alpha value is -2.93. The van der Waals surface area contributed by atoms with Gasteiger partial charge in [0.1, 0.15) is 6.61 Å². The van der Waals surface area contributed by atoms with E-state index < -0.39 is 12.0 Å². The van der Waals surface area contributed by atoms with Crippen molar-refractivity contribution in [1.82, 2.24) is 5.43 Å². The number of nitrogens with zero attached hydrogens (tertiary/aromatic N) is 1. The van der Waals surface area contributed by atoms with Crippen molar-refractivity contribution in [2.45, 2.75) is 6.10 Å². The van der Waals surface area contributed by atoms with Crippen LogP contribution in [0.3, 0.4) is 0 Å². The monoisotopic (exact) mass is 360 g/mol. The number of carbonyl (C=O) groups excluding carboxylic acids is 1. The van der Waals surface area contributed by atoms with Gasteiger partial charge in [-0.3, -0.25) is 4.79 Å². The van der Waals surface area contributed by atoms with E-state index in [1.54, 1.807) is 24.3 Å². The van der Waals surface area contributed by atoms with Gasteiger partial charge in [-0.1, -0.05) is 23.7 Å². The summed E-state index contributed by atoms with van der Waals surface area (Å²) in [5, 5.41) is 4.34.